The molecule has 3 rings (SSSR count). The molecule has 0 aromatic carbocycles. The highest BCUT2D eigenvalue weighted by Crippen LogP contribution is 2.42. The Morgan fingerprint density at radius 2 is 2.30 bits per heavy atom. The van der Waals surface area contributed by atoms with Crippen molar-refractivity contribution in [3.05, 3.63) is 24.2 Å². The van der Waals surface area contributed by atoms with Crippen LogP contribution < -0.4 is 5.73 Å². The average molecular weight is 377 g/mol. The summed E-state index contributed by atoms with van der Waals surface area (Å²) in [5, 5.41) is 34.6. The lowest BCUT2D eigenvalue weighted by Gasteiger charge is -2.30. The topological polar surface area (TPSA) is 156 Å². The van der Waals surface area contributed by atoms with Gasteiger partial charge in [0.25, 0.3) is 0 Å². The first-order valence-electron chi connectivity index (χ1n) is 9.12. The number of nitrogens with zero attached hydrogens (tertiary/aromatic N) is 4. The lowest BCUT2D eigenvalue weighted by Crippen LogP contribution is -2.46. The average Bonchev–Trinajstić information content (AvgIpc) is 3.16. The normalized spacial score (nSPS) is 29.9. The van der Waals surface area contributed by atoms with Crippen LogP contribution in [0.4, 0.5) is 5.82 Å². The van der Waals surface area contributed by atoms with E-state index in [0.29, 0.717) is 5.52 Å². The van der Waals surface area contributed by atoms with Crippen molar-refractivity contribution in [3.8, 4) is 6.07 Å². The second-order valence-electron chi connectivity index (χ2n) is 7.24. The van der Waals surface area contributed by atoms with E-state index >= 15 is 0 Å². The van der Waals surface area contributed by atoms with E-state index in [0.717, 1.165) is 6.33 Å². The van der Waals surface area contributed by atoms with Gasteiger partial charge in [-0.3, -0.25) is 4.79 Å². The molecular formula is C17H21N5O5. The molecule has 1 saturated heterocycles. The molecule has 4 N–H and O–H groups in total. The summed E-state index contributed by atoms with van der Waals surface area (Å²) in [4.78, 5) is 16.4. The lowest BCUT2D eigenvalue weighted by molar-refractivity contribution is -0.169. The van der Waals surface area contributed by atoms with E-state index in [-0.39, 0.29) is 11.5 Å². The van der Waals surface area contributed by atoms with Crippen molar-refractivity contribution in [2.45, 2.75) is 44.7 Å². The fourth-order valence-corrected chi connectivity index (χ4v) is 2.87. The molecular weight excluding hydrogens is 354 g/mol. The van der Waals surface area contributed by atoms with E-state index < -0.39 is 41.9 Å². The third-order valence-electron chi connectivity index (χ3n) is 4.34. The van der Waals surface area contributed by atoms with Crippen molar-refractivity contribution >= 4 is 17.3 Å². The number of aliphatic hydroxyl groups excluding tert-OH is 1. The molecule has 4 atom stereocenters. The monoisotopic (exact) mass is 377 g/mol. The standard InChI is InChI=1S/C17H21N5O5/c1-16(2,3)15(25)26-13-12(24)10(6-23)27-17(13,7-18)11-5-4-9-14(19)20-8-21-22(9)11/h4-5,8,10,12-13,23-24H,6H2,1-3H3,(H2,19,20,21)/t10-,12-,13-,17+/m1/s1/i6D2. The van der Waals surface area contributed by atoms with Crippen LogP contribution in [0.15, 0.2) is 18.5 Å². The van der Waals surface area contributed by atoms with E-state index in [1.165, 1.54) is 16.6 Å². The zero-order valence-electron chi connectivity index (χ0n) is 16.9. The van der Waals surface area contributed by atoms with Crippen molar-refractivity contribution in [2.75, 3.05) is 12.3 Å². The zero-order valence-corrected chi connectivity index (χ0v) is 14.9. The van der Waals surface area contributed by atoms with E-state index in [2.05, 4.69) is 10.1 Å². The molecule has 0 amide bonds. The number of carbonyl (C=O) groups excluding carboxylic acids is 1. The van der Waals surface area contributed by atoms with Crippen LogP contribution >= 0.6 is 0 Å². The highest BCUT2D eigenvalue weighted by Gasteiger charge is 2.60. The molecule has 2 aromatic heterocycles. The molecule has 10 nitrogen and oxygen atoms in total. The van der Waals surface area contributed by atoms with Gasteiger partial charge >= 0.3 is 5.97 Å². The number of carbonyl (C=O) groups is 1. The second-order valence-corrected chi connectivity index (χ2v) is 7.24. The Labute approximate surface area is 157 Å². The molecule has 0 unspecified atom stereocenters. The minimum absolute atomic E-state index is 0.0293. The van der Waals surface area contributed by atoms with Gasteiger partial charge in [-0.2, -0.15) is 10.4 Å². The maximum Gasteiger partial charge on any atom is 0.311 e. The van der Waals surface area contributed by atoms with Crippen molar-refractivity contribution in [1.29, 1.82) is 5.26 Å². The number of anilines is 1. The molecule has 144 valence electrons. The smallest absolute Gasteiger partial charge is 0.311 e. The number of hydrogen-bond acceptors (Lipinski definition) is 9. The van der Waals surface area contributed by atoms with Crippen molar-refractivity contribution < 1.29 is 27.2 Å². The highest BCUT2D eigenvalue weighted by atomic mass is 16.6. The van der Waals surface area contributed by atoms with Crippen LogP contribution in [0.2, 0.25) is 0 Å². The van der Waals surface area contributed by atoms with Gasteiger partial charge in [0, 0.05) is 0 Å². The van der Waals surface area contributed by atoms with Gasteiger partial charge in [-0.15, -0.1) is 0 Å². The quantitative estimate of drug-likeness (QED) is 0.613. The van der Waals surface area contributed by atoms with Gasteiger partial charge in [0.1, 0.15) is 30.1 Å². The van der Waals surface area contributed by atoms with Gasteiger partial charge in [0.15, 0.2) is 11.9 Å². The fourth-order valence-electron chi connectivity index (χ4n) is 2.87. The largest absolute Gasteiger partial charge is 0.454 e. The summed E-state index contributed by atoms with van der Waals surface area (Å²) in [6, 6.07) is 4.79. The Hall–Kier alpha value is -2.74. The number of fused-ring (bicyclic) bond motifs is 1. The third kappa shape index (κ3) is 2.90. The van der Waals surface area contributed by atoms with Crippen LogP contribution in [0.3, 0.4) is 0 Å². The van der Waals surface area contributed by atoms with E-state index in [1.54, 1.807) is 20.8 Å². The number of hydrogen-bond donors (Lipinski definition) is 3. The van der Waals surface area contributed by atoms with Crippen molar-refractivity contribution in [3.63, 3.8) is 0 Å². The Morgan fingerprint density at radius 3 is 2.89 bits per heavy atom. The van der Waals surface area contributed by atoms with Gasteiger partial charge in [0.05, 0.1) is 20.4 Å². The summed E-state index contributed by atoms with van der Waals surface area (Å²) in [7, 11) is 0. The number of aromatic nitrogens is 3. The lowest BCUT2D eigenvalue weighted by atomic mass is 9.91. The number of nitriles is 1. The maximum absolute atomic E-state index is 12.5. The number of nitrogens with two attached hydrogens (primary N) is 1. The zero-order chi connectivity index (χ0) is 21.8. The fraction of sp³-hybridized carbons (Fsp3) is 0.529. The first kappa shape index (κ1) is 16.4. The molecule has 1 fully saturated rings. The Bertz CT molecular complexity index is 993. The van der Waals surface area contributed by atoms with Gasteiger partial charge in [0.2, 0.25) is 5.60 Å². The van der Waals surface area contributed by atoms with Crippen molar-refractivity contribution in [2.24, 2.45) is 5.41 Å². The number of ether oxygens (including phenoxy) is 2. The number of esters is 1. The van der Waals surface area contributed by atoms with E-state index in [4.69, 9.17) is 17.9 Å². The molecule has 10 heteroatoms. The summed E-state index contributed by atoms with van der Waals surface area (Å²) in [6.07, 6.45) is -4.22. The van der Waals surface area contributed by atoms with Crippen molar-refractivity contribution in [1.82, 2.24) is 14.6 Å². The van der Waals surface area contributed by atoms with Gasteiger partial charge < -0.3 is 25.4 Å². The molecule has 2 aromatic rings. The molecule has 0 radical (unpaired) electrons. The predicted octanol–water partition coefficient (Wildman–Crippen LogP) is -0.260. The van der Waals surface area contributed by atoms with Gasteiger partial charge in [-0.25, -0.2) is 9.50 Å². The summed E-state index contributed by atoms with van der Waals surface area (Å²) in [5.74, 6) is -0.644. The highest BCUT2D eigenvalue weighted by molar-refractivity contribution is 5.76. The van der Waals surface area contributed by atoms with Crippen LogP contribution in [-0.2, 0) is 19.9 Å². The van der Waals surface area contributed by atoms with Gasteiger partial charge in [-0.05, 0) is 32.9 Å². The first-order chi connectivity index (χ1) is 13.3. The SMILES string of the molecule is [2H]C([2H])(O)[C@H]1O[C@@](C#N)(c2ccc3c(N)ncnn23)[C@H](OC(=O)C(C)(C)C)[C@@H]1O. The minimum Gasteiger partial charge on any atom is -0.454 e. The molecule has 0 aliphatic carbocycles. The molecule has 0 bridgehead atoms. The first-order valence-corrected chi connectivity index (χ1v) is 8.12. The Morgan fingerprint density at radius 1 is 1.59 bits per heavy atom. The van der Waals surface area contributed by atoms with E-state index in [1.807, 2.05) is 6.07 Å². The number of rotatable bonds is 3. The van der Waals surface area contributed by atoms with Crippen LogP contribution in [0, 0.1) is 16.7 Å². The second kappa shape index (κ2) is 6.45. The molecule has 0 spiro atoms. The minimum atomic E-state index is -3.02. The van der Waals surface area contributed by atoms with Crippen LogP contribution in [0.1, 0.15) is 29.2 Å². The van der Waals surface area contributed by atoms with Gasteiger partial charge in [-0.1, -0.05) is 0 Å². The Kier molecular flexibility index (Phi) is 3.93. The van der Waals surface area contributed by atoms with Crippen LogP contribution in [0.5, 0.6) is 0 Å². The summed E-state index contributed by atoms with van der Waals surface area (Å²) in [6.45, 7) is 1.71. The number of aliphatic hydroxyl groups is 2. The van der Waals surface area contributed by atoms with Crippen LogP contribution in [-0.4, -0.2) is 55.7 Å². The summed E-state index contributed by atoms with van der Waals surface area (Å²) in [5.41, 5.74) is 3.02. The molecule has 1 aliphatic heterocycles. The molecule has 27 heavy (non-hydrogen) atoms. The molecule has 0 saturated carbocycles. The molecule has 1 aliphatic rings. The summed E-state index contributed by atoms with van der Waals surface area (Å²) >= 11 is 0. The van der Waals surface area contributed by atoms with Crippen LogP contribution in [0.25, 0.3) is 5.52 Å². The Balaban J connectivity index is 2.20. The third-order valence-corrected chi connectivity index (χ3v) is 4.34. The van der Waals surface area contributed by atoms with E-state index in [9.17, 15) is 20.3 Å². The summed E-state index contributed by atoms with van der Waals surface area (Å²) < 4.78 is 27.3. The number of nitrogen functional groups attached to an aromatic ring is 1. The molecule has 3 heterocycles. The predicted molar refractivity (Wildman–Crippen MR) is 92.0 cm³/mol. The maximum atomic E-state index is 12.5.